The lowest BCUT2D eigenvalue weighted by Crippen LogP contribution is -2.66. The third kappa shape index (κ3) is 6.88. The fraction of sp³-hybridized carbons (Fsp3) is 0.537. The van der Waals surface area contributed by atoms with E-state index in [1.807, 2.05) is 18.2 Å². The van der Waals surface area contributed by atoms with Crippen LogP contribution in [-0.4, -0.2) is 125 Å². The molecule has 6 aliphatic rings. The van der Waals surface area contributed by atoms with Gasteiger partial charge in [0, 0.05) is 95.2 Å². The first-order valence-corrected chi connectivity index (χ1v) is 20.0. The number of anilines is 3. The van der Waals surface area contributed by atoms with Crippen molar-refractivity contribution in [3.63, 3.8) is 0 Å². The van der Waals surface area contributed by atoms with Gasteiger partial charge >= 0.3 is 0 Å². The molecule has 55 heavy (non-hydrogen) atoms. The molecule has 4 fully saturated rings. The van der Waals surface area contributed by atoms with Gasteiger partial charge in [-0.15, -0.1) is 10.2 Å². The van der Waals surface area contributed by atoms with Crippen molar-refractivity contribution in [2.75, 3.05) is 80.6 Å². The van der Waals surface area contributed by atoms with E-state index in [4.69, 9.17) is 0 Å². The van der Waals surface area contributed by atoms with Crippen LogP contribution in [-0.2, 0) is 16.1 Å². The predicted molar refractivity (Wildman–Crippen MR) is 206 cm³/mol. The zero-order valence-electron chi connectivity index (χ0n) is 31.5. The minimum atomic E-state index is -0.669. The van der Waals surface area contributed by atoms with Gasteiger partial charge in [-0.05, 0) is 86.8 Å². The van der Waals surface area contributed by atoms with Gasteiger partial charge in [0.2, 0.25) is 11.8 Å². The highest BCUT2D eigenvalue weighted by atomic mass is 19.1. The van der Waals surface area contributed by atoms with Crippen LogP contribution in [0.3, 0.4) is 0 Å². The van der Waals surface area contributed by atoms with Crippen LogP contribution in [0.5, 0.6) is 5.75 Å². The van der Waals surface area contributed by atoms with E-state index in [1.165, 1.54) is 31.7 Å². The van der Waals surface area contributed by atoms with Gasteiger partial charge in [0.1, 0.15) is 6.04 Å². The third-order valence-electron chi connectivity index (χ3n) is 13.1. The smallest absolute Gasteiger partial charge is 0.255 e. The second-order valence-corrected chi connectivity index (χ2v) is 16.8. The Morgan fingerprint density at radius 3 is 2.38 bits per heavy atom. The fourth-order valence-electron chi connectivity index (χ4n) is 9.97. The number of phenolic OH excluding ortho intramolecular Hbond substituents is 1. The average Bonchev–Trinajstić information content (AvgIpc) is 3.51. The number of aromatic nitrogens is 2. The molecule has 14 heteroatoms. The molecule has 6 heterocycles. The Balaban J connectivity index is 0.737. The number of piperazine rings is 2. The molecule has 3 saturated heterocycles. The van der Waals surface area contributed by atoms with E-state index in [-0.39, 0.29) is 29.7 Å². The average molecular weight is 752 g/mol. The number of amides is 3. The van der Waals surface area contributed by atoms with Crippen molar-refractivity contribution in [3.8, 4) is 17.0 Å². The Morgan fingerprint density at radius 2 is 1.62 bits per heavy atom. The van der Waals surface area contributed by atoms with E-state index in [0.29, 0.717) is 35.7 Å². The second kappa shape index (κ2) is 14.4. The van der Waals surface area contributed by atoms with Crippen LogP contribution in [0.25, 0.3) is 11.3 Å². The lowest BCUT2D eigenvalue weighted by Gasteiger charge is -2.53. The van der Waals surface area contributed by atoms with Crippen molar-refractivity contribution >= 4 is 34.9 Å². The highest BCUT2D eigenvalue weighted by Gasteiger charge is 2.43. The molecule has 1 aliphatic carbocycles. The summed E-state index contributed by atoms with van der Waals surface area (Å²) in [4.78, 5) is 49.1. The molecule has 0 spiro atoms. The Labute approximate surface area is 320 Å². The molecule has 1 unspecified atom stereocenters. The number of fused-ring (bicyclic) bond motifs is 4. The van der Waals surface area contributed by atoms with Crippen molar-refractivity contribution < 1.29 is 23.9 Å². The Morgan fingerprint density at radius 1 is 0.873 bits per heavy atom. The van der Waals surface area contributed by atoms with Gasteiger partial charge < -0.3 is 25.1 Å². The van der Waals surface area contributed by atoms with E-state index in [0.717, 1.165) is 94.1 Å². The summed E-state index contributed by atoms with van der Waals surface area (Å²) in [7, 11) is 0. The summed E-state index contributed by atoms with van der Waals surface area (Å²) < 4.78 is 14.1. The van der Waals surface area contributed by atoms with Gasteiger partial charge in [-0.3, -0.25) is 29.5 Å². The summed E-state index contributed by atoms with van der Waals surface area (Å²) in [6, 6.07) is 11.9. The van der Waals surface area contributed by atoms with Crippen molar-refractivity contribution in [2.45, 2.75) is 63.6 Å². The number of nitrogens with one attached hydrogen (secondary N) is 2. The first-order valence-electron chi connectivity index (χ1n) is 20.0. The highest BCUT2D eigenvalue weighted by molar-refractivity contribution is 6.05. The number of phenols is 1. The standard InChI is InChI=1S/C41H50FN9O4/c1-41-24-43-38-35(20-33(45-46-38)30-3-2-4-32(42)37(30)53)51(41)18-15-48(25-41)22-27-7-5-26(6-8-27)21-47-13-16-49(17-14-47)29-10-9-28-23-50(40(55)31(28)19-29)34-11-12-36(52)44-39(34)54/h2-4,9-10,19-20,26-27,34,53H,5-8,11-18,21-25H2,1H3,(H,43,46)(H,44,52,54)/t26-,27-,34-,41?/m0/s1. The number of para-hydroxylation sites is 1. The van der Waals surface area contributed by atoms with Crippen LogP contribution in [0.2, 0.25) is 0 Å². The van der Waals surface area contributed by atoms with Gasteiger partial charge in [0.05, 0.1) is 16.9 Å². The summed E-state index contributed by atoms with van der Waals surface area (Å²) in [5.74, 6) is 0.310. The molecular weight excluding hydrogens is 702 g/mol. The number of nitrogens with zero attached hydrogens (tertiary/aromatic N) is 7. The summed E-state index contributed by atoms with van der Waals surface area (Å²) in [6.07, 6.45) is 5.69. The lowest BCUT2D eigenvalue weighted by molar-refractivity contribution is -0.136. The van der Waals surface area contributed by atoms with Crippen LogP contribution in [0, 0.1) is 17.7 Å². The van der Waals surface area contributed by atoms with Gasteiger partial charge in [0.25, 0.3) is 5.91 Å². The molecule has 1 aromatic heterocycles. The Kier molecular flexibility index (Phi) is 9.36. The SMILES string of the molecule is CC12CNc3nnc(-c4cccc(F)c4O)cc3N1CCN(C[C@H]1CC[C@H](CN3CCN(c4ccc5c(c4)C(=O)N([C@H]4CCC(=O)NC4=O)C5)CC3)CC1)C2. The minimum absolute atomic E-state index is 0.121. The van der Waals surface area contributed by atoms with Crippen LogP contribution >= 0.6 is 0 Å². The molecule has 0 radical (unpaired) electrons. The number of carbonyl (C=O) groups excluding carboxylic acids is 3. The molecule has 0 bridgehead atoms. The number of rotatable bonds is 7. The second-order valence-electron chi connectivity index (χ2n) is 16.8. The number of hydrogen-bond donors (Lipinski definition) is 3. The van der Waals surface area contributed by atoms with E-state index in [2.05, 4.69) is 53.4 Å². The number of aromatic hydroxyl groups is 1. The van der Waals surface area contributed by atoms with Gasteiger partial charge in [-0.2, -0.15) is 0 Å². The quantitative estimate of drug-likeness (QED) is 0.305. The summed E-state index contributed by atoms with van der Waals surface area (Å²) >= 11 is 0. The van der Waals surface area contributed by atoms with E-state index in [9.17, 15) is 23.9 Å². The number of benzene rings is 2. The largest absolute Gasteiger partial charge is 0.504 e. The maximum atomic E-state index is 14.1. The first kappa shape index (κ1) is 35.9. The monoisotopic (exact) mass is 751 g/mol. The molecule has 3 N–H and O–H groups in total. The van der Waals surface area contributed by atoms with Crippen molar-refractivity contribution in [1.82, 2.24) is 30.2 Å². The summed E-state index contributed by atoms with van der Waals surface area (Å²) in [5, 5.41) is 24.9. The molecule has 2 aromatic carbocycles. The first-order chi connectivity index (χ1) is 26.6. The van der Waals surface area contributed by atoms with E-state index < -0.39 is 17.6 Å². The van der Waals surface area contributed by atoms with Crippen LogP contribution in [0.4, 0.5) is 21.6 Å². The zero-order chi connectivity index (χ0) is 37.8. The van der Waals surface area contributed by atoms with E-state index in [1.54, 1.807) is 17.0 Å². The summed E-state index contributed by atoms with van der Waals surface area (Å²) in [6.45, 7) is 12.4. The van der Waals surface area contributed by atoms with Crippen molar-refractivity contribution in [1.29, 1.82) is 0 Å². The molecule has 5 aliphatic heterocycles. The summed E-state index contributed by atoms with van der Waals surface area (Å²) in [5.41, 5.74) is 4.30. The number of carbonyl (C=O) groups is 3. The van der Waals surface area contributed by atoms with Crippen molar-refractivity contribution in [2.24, 2.45) is 11.8 Å². The van der Waals surface area contributed by atoms with Crippen LogP contribution in [0.1, 0.15) is 61.4 Å². The maximum Gasteiger partial charge on any atom is 0.255 e. The Hall–Kier alpha value is -4.82. The van der Waals surface area contributed by atoms with Gasteiger partial charge in [0.15, 0.2) is 17.4 Å². The van der Waals surface area contributed by atoms with Gasteiger partial charge in [-0.25, -0.2) is 4.39 Å². The van der Waals surface area contributed by atoms with Crippen LogP contribution in [0.15, 0.2) is 42.5 Å². The van der Waals surface area contributed by atoms with Gasteiger partial charge in [-0.1, -0.05) is 12.1 Å². The predicted octanol–water partition coefficient (Wildman–Crippen LogP) is 3.68. The van der Waals surface area contributed by atoms with E-state index >= 15 is 0 Å². The number of piperidine rings is 1. The lowest BCUT2D eigenvalue weighted by atomic mass is 9.81. The third-order valence-corrected chi connectivity index (χ3v) is 13.1. The topological polar surface area (TPSA) is 137 Å². The number of hydrogen-bond acceptors (Lipinski definition) is 11. The van der Waals surface area contributed by atoms with Crippen molar-refractivity contribution in [3.05, 3.63) is 59.4 Å². The molecular formula is C41H50FN9O4. The molecule has 3 aromatic rings. The number of halogens is 1. The van der Waals surface area contributed by atoms with Crippen LogP contribution < -0.4 is 20.4 Å². The normalized spacial score (nSPS) is 27.3. The molecule has 13 nitrogen and oxygen atoms in total. The maximum absolute atomic E-state index is 14.1. The molecule has 9 rings (SSSR count). The molecule has 3 amide bonds. The molecule has 2 atom stereocenters. The molecule has 1 saturated carbocycles. The highest BCUT2D eigenvalue weighted by Crippen LogP contribution is 2.41. The Bertz CT molecular complexity index is 2000. The zero-order valence-corrected chi connectivity index (χ0v) is 31.5. The minimum Gasteiger partial charge on any atom is -0.504 e. The number of imide groups is 1. The molecule has 290 valence electrons. The fourth-order valence-corrected chi connectivity index (χ4v) is 9.97.